The average molecular weight is 222 g/mol. The molecule has 2 N–H and O–H groups in total. The Hall–Kier alpha value is -1.48. The smallest absolute Gasteiger partial charge is 0.200 e. The van der Waals surface area contributed by atoms with Gasteiger partial charge < -0.3 is 10.3 Å². The van der Waals surface area contributed by atoms with Crippen LogP contribution >= 0.6 is 11.6 Å². The molecule has 0 atom stereocenters. The van der Waals surface area contributed by atoms with Gasteiger partial charge in [-0.25, -0.2) is 4.98 Å². The van der Waals surface area contributed by atoms with Crippen molar-refractivity contribution in [1.82, 2.24) is 9.97 Å². The van der Waals surface area contributed by atoms with Gasteiger partial charge in [-0.3, -0.25) is 0 Å². The van der Waals surface area contributed by atoms with Crippen molar-refractivity contribution in [3.05, 3.63) is 46.7 Å². The number of hydrogen-bond acceptors (Lipinski definition) is 2. The molecule has 1 aromatic heterocycles. The van der Waals surface area contributed by atoms with Crippen LogP contribution in [0.4, 0.5) is 5.95 Å². The Balaban J connectivity index is 2.18. The second-order valence-electron chi connectivity index (χ2n) is 3.28. The minimum Gasteiger partial charge on any atom is -0.359 e. The summed E-state index contributed by atoms with van der Waals surface area (Å²) in [4.78, 5) is 7.31. The number of nitrogens with zero attached hydrogens (tertiary/aromatic N) is 1. The number of halogens is 1. The summed E-state index contributed by atoms with van der Waals surface area (Å²) in [5.41, 5.74) is 2.15. The summed E-state index contributed by atoms with van der Waals surface area (Å²) >= 11 is 6.06. The van der Waals surface area contributed by atoms with Crippen molar-refractivity contribution in [3.63, 3.8) is 0 Å². The molecular weight excluding hydrogens is 210 g/mol. The van der Waals surface area contributed by atoms with Gasteiger partial charge in [0.25, 0.3) is 0 Å². The lowest BCUT2D eigenvalue weighted by molar-refractivity contribution is 1.11. The highest BCUT2D eigenvalue weighted by molar-refractivity contribution is 6.31. The van der Waals surface area contributed by atoms with E-state index in [2.05, 4.69) is 15.3 Å². The topological polar surface area (TPSA) is 40.7 Å². The highest BCUT2D eigenvalue weighted by Gasteiger charge is 2.03. The number of benzene rings is 1. The van der Waals surface area contributed by atoms with Crippen LogP contribution in [0.5, 0.6) is 0 Å². The SMILES string of the molecule is CNc1ncc(Cc2ccccc2Cl)[nH]1. The fraction of sp³-hybridized carbons (Fsp3) is 0.182. The summed E-state index contributed by atoms with van der Waals surface area (Å²) < 4.78 is 0. The predicted octanol–water partition coefficient (Wildman–Crippen LogP) is 2.70. The number of imidazole rings is 1. The number of H-pyrrole nitrogens is 1. The van der Waals surface area contributed by atoms with Crippen LogP contribution in [0.15, 0.2) is 30.5 Å². The summed E-state index contributed by atoms with van der Waals surface area (Å²) in [6.45, 7) is 0. The van der Waals surface area contributed by atoms with Gasteiger partial charge in [-0.05, 0) is 11.6 Å². The van der Waals surface area contributed by atoms with Gasteiger partial charge in [0.05, 0.1) is 6.20 Å². The van der Waals surface area contributed by atoms with Crippen molar-refractivity contribution in [2.45, 2.75) is 6.42 Å². The normalized spacial score (nSPS) is 10.3. The molecule has 3 nitrogen and oxygen atoms in total. The van der Waals surface area contributed by atoms with Gasteiger partial charge in [0.1, 0.15) is 0 Å². The van der Waals surface area contributed by atoms with Crippen LogP contribution < -0.4 is 5.32 Å². The van der Waals surface area contributed by atoms with E-state index in [1.54, 1.807) is 0 Å². The molecule has 0 saturated heterocycles. The van der Waals surface area contributed by atoms with E-state index >= 15 is 0 Å². The Bertz CT molecular complexity index is 451. The Labute approximate surface area is 93.5 Å². The van der Waals surface area contributed by atoms with Gasteiger partial charge in [0.15, 0.2) is 5.95 Å². The van der Waals surface area contributed by atoms with E-state index < -0.39 is 0 Å². The maximum absolute atomic E-state index is 6.06. The number of anilines is 1. The third kappa shape index (κ3) is 2.30. The third-order valence-corrected chi connectivity index (χ3v) is 2.57. The minimum absolute atomic E-state index is 0.772. The van der Waals surface area contributed by atoms with Crippen LogP contribution in [0.2, 0.25) is 5.02 Å². The molecule has 4 heteroatoms. The van der Waals surface area contributed by atoms with Crippen LogP contribution in [-0.4, -0.2) is 17.0 Å². The van der Waals surface area contributed by atoms with Crippen molar-refractivity contribution in [3.8, 4) is 0 Å². The minimum atomic E-state index is 0.772. The summed E-state index contributed by atoms with van der Waals surface area (Å²) in [6, 6.07) is 7.82. The summed E-state index contributed by atoms with van der Waals surface area (Å²) in [7, 11) is 1.83. The molecule has 0 fully saturated rings. The summed E-state index contributed by atoms with van der Waals surface area (Å²) in [6.07, 6.45) is 2.59. The molecule has 0 unspecified atom stereocenters. The van der Waals surface area contributed by atoms with Crippen molar-refractivity contribution in [2.75, 3.05) is 12.4 Å². The van der Waals surface area contributed by atoms with E-state index in [1.165, 1.54) is 0 Å². The molecule has 78 valence electrons. The summed E-state index contributed by atoms with van der Waals surface area (Å²) in [5.74, 6) is 0.775. The van der Waals surface area contributed by atoms with Crippen molar-refractivity contribution < 1.29 is 0 Å². The number of hydrogen-bond donors (Lipinski definition) is 2. The van der Waals surface area contributed by atoms with E-state index in [9.17, 15) is 0 Å². The van der Waals surface area contributed by atoms with Gasteiger partial charge in [-0.2, -0.15) is 0 Å². The van der Waals surface area contributed by atoms with Crippen LogP contribution in [0.1, 0.15) is 11.3 Å². The predicted molar refractivity (Wildman–Crippen MR) is 62.4 cm³/mol. The van der Waals surface area contributed by atoms with Gasteiger partial charge in [0.2, 0.25) is 0 Å². The van der Waals surface area contributed by atoms with Crippen LogP contribution in [0, 0.1) is 0 Å². The Morgan fingerprint density at radius 3 is 2.87 bits per heavy atom. The van der Waals surface area contributed by atoms with Crippen molar-refractivity contribution >= 4 is 17.5 Å². The monoisotopic (exact) mass is 221 g/mol. The molecule has 15 heavy (non-hydrogen) atoms. The maximum atomic E-state index is 6.06. The molecule has 0 amide bonds. The molecule has 0 aliphatic heterocycles. The number of nitrogens with one attached hydrogen (secondary N) is 2. The van der Waals surface area contributed by atoms with E-state index in [4.69, 9.17) is 11.6 Å². The second kappa shape index (κ2) is 4.36. The van der Waals surface area contributed by atoms with Crippen LogP contribution in [0.25, 0.3) is 0 Å². The highest BCUT2D eigenvalue weighted by Crippen LogP contribution is 2.18. The lowest BCUT2D eigenvalue weighted by atomic mass is 10.1. The fourth-order valence-corrected chi connectivity index (χ4v) is 1.63. The average Bonchev–Trinajstić information content (AvgIpc) is 2.69. The van der Waals surface area contributed by atoms with Gasteiger partial charge >= 0.3 is 0 Å². The van der Waals surface area contributed by atoms with Gasteiger partial charge in [-0.15, -0.1) is 0 Å². The summed E-state index contributed by atoms with van der Waals surface area (Å²) in [5, 5.41) is 3.74. The second-order valence-corrected chi connectivity index (χ2v) is 3.68. The molecule has 0 spiro atoms. The lowest BCUT2D eigenvalue weighted by Crippen LogP contribution is -1.92. The molecular formula is C11H12ClN3. The molecule has 0 radical (unpaired) electrons. The Morgan fingerprint density at radius 2 is 2.20 bits per heavy atom. The molecule has 0 bridgehead atoms. The Kier molecular flexibility index (Phi) is 2.92. The standard InChI is InChI=1S/C11H12ClN3/c1-13-11-14-7-9(15-11)6-8-4-2-3-5-10(8)12/h2-5,7H,6H2,1H3,(H2,13,14,15). The van der Waals surface area contributed by atoms with E-state index in [1.807, 2.05) is 37.5 Å². The first kappa shape index (κ1) is 10.1. The van der Waals surface area contributed by atoms with Crippen molar-refractivity contribution in [1.29, 1.82) is 0 Å². The third-order valence-electron chi connectivity index (χ3n) is 2.20. The number of aromatic nitrogens is 2. The Morgan fingerprint density at radius 1 is 1.40 bits per heavy atom. The van der Waals surface area contributed by atoms with Crippen LogP contribution in [0.3, 0.4) is 0 Å². The molecule has 0 aliphatic carbocycles. The molecule has 0 aliphatic rings. The zero-order valence-electron chi connectivity index (χ0n) is 8.42. The molecule has 2 aromatic rings. The zero-order chi connectivity index (χ0) is 10.7. The van der Waals surface area contributed by atoms with Crippen LogP contribution in [-0.2, 0) is 6.42 Å². The quantitative estimate of drug-likeness (QED) is 0.837. The maximum Gasteiger partial charge on any atom is 0.200 e. The number of rotatable bonds is 3. The first-order valence-electron chi connectivity index (χ1n) is 4.74. The highest BCUT2D eigenvalue weighted by atomic mass is 35.5. The molecule has 0 saturated carbocycles. The van der Waals surface area contributed by atoms with Gasteiger partial charge in [-0.1, -0.05) is 29.8 Å². The molecule has 2 rings (SSSR count). The number of aromatic amines is 1. The fourth-order valence-electron chi connectivity index (χ4n) is 1.42. The van der Waals surface area contributed by atoms with Crippen molar-refractivity contribution in [2.24, 2.45) is 0 Å². The first-order chi connectivity index (χ1) is 7.29. The van der Waals surface area contributed by atoms with E-state index in [0.29, 0.717) is 0 Å². The largest absolute Gasteiger partial charge is 0.359 e. The zero-order valence-corrected chi connectivity index (χ0v) is 9.17. The van der Waals surface area contributed by atoms with E-state index in [0.717, 1.165) is 28.6 Å². The molecule has 1 heterocycles. The molecule has 1 aromatic carbocycles. The first-order valence-corrected chi connectivity index (χ1v) is 5.12. The lowest BCUT2D eigenvalue weighted by Gasteiger charge is -2.01. The van der Waals surface area contributed by atoms with Gasteiger partial charge in [0, 0.05) is 24.2 Å². The van der Waals surface area contributed by atoms with E-state index in [-0.39, 0.29) is 0 Å².